The second kappa shape index (κ2) is 12.0. The third-order valence-electron chi connectivity index (χ3n) is 9.49. The number of hydrogen-bond acceptors (Lipinski definition) is 5. The lowest BCUT2D eigenvalue weighted by atomic mass is 9.92. The fraction of sp³-hybridized carbons (Fsp3) is 0.455. The van der Waals surface area contributed by atoms with Crippen LogP contribution in [0.4, 0.5) is 0 Å². The van der Waals surface area contributed by atoms with E-state index in [0.717, 1.165) is 62.7 Å². The number of allylic oxidation sites excluding steroid dienone is 1. The fourth-order valence-electron chi connectivity index (χ4n) is 6.79. The molecule has 11 nitrogen and oxygen atoms in total. The highest BCUT2D eigenvalue weighted by molar-refractivity contribution is 6.00. The Labute approximate surface area is 255 Å². The Balaban J connectivity index is 1.54. The van der Waals surface area contributed by atoms with Gasteiger partial charge in [0.05, 0.1) is 6.04 Å². The maximum Gasteiger partial charge on any atom is 0.335 e. The van der Waals surface area contributed by atoms with Crippen LogP contribution in [0.15, 0.2) is 29.5 Å². The molecule has 0 spiro atoms. The van der Waals surface area contributed by atoms with Gasteiger partial charge < -0.3 is 35.6 Å². The summed E-state index contributed by atoms with van der Waals surface area (Å²) in [5, 5.41) is 25.1. The number of aliphatic carboxylic acids is 2. The standard InChI is InChI=1S/C33H40N4O7/c1-7-18-16(5)31(40)37-24(18)12-21-15(4)20(9-10-27(38)39)25(34-21)13-26-28(29-30(44-29)33(42)43)17(6)23(35-26)11-22-14(3)19(8-2)32(41)36-22/h8,12,16,18,22,29-30,34-35H,2,7,9-11,13H2,1,3-6H3,(H,36,41)(H,37,40)(H,38,39)(H,42,43)/b24-12+/t16-,18-,22-,29-,30?/m1/s1. The quantitative estimate of drug-likeness (QED) is 0.200. The highest BCUT2D eigenvalue weighted by Gasteiger charge is 2.49. The van der Waals surface area contributed by atoms with Gasteiger partial charge in [0.2, 0.25) is 5.91 Å². The minimum atomic E-state index is -1.04. The Kier molecular flexibility index (Phi) is 8.44. The van der Waals surface area contributed by atoms with Gasteiger partial charge in [0, 0.05) is 70.7 Å². The van der Waals surface area contributed by atoms with Crippen molar-refractivity contribution in [3.8, 4) is 0 Å². The molecule has 11 heteroatoms. The van der Waals surface area contributed by atoms with Crippen molar-refractivity contribution in [2.45, 2.75) is 85.0 Å². The van der Waals surface area contributed by atoms with Crippen molar-refractivity contribution in [1.82, 2.24) is 20.6 Å². The highest BCUT2D eigenvalue weighted by Crippen LogP contribution is 2.44. The topological polar surface area (TPSA) is 177 Å². The molecule has 2 aromatic heterocycles. The SMILES string of the molecule is C=CC1=C(C)[C@@H](Cc2[nH]c(Cc3[nH]c(/C=C4/NC(=O)[C@H](C)[C@H]4CC)c(C)c3CCC(=O)O)c([C@H]3OC3C(=O)O)c2C)NC1=O. The zero-order valence-electron chi connectivity index (χ0n) is 25.7. The van der Waals surface area contributed by atoms with Crippen LogP contribution in [0.1, 0.15) is 84.7 Å². The number of carbonyl (C=O) groups excluding carboxylic acids is 2. The number of ether oxygens (including phenoxy) is 1. The van der Waals surface area contributed by atoms with E-state index < -0.39 is 24.1 Å². The van der Waals surface area contributed by atoms with Crippen molar-refractivity contribution in [3.63, 3.8) is 0 Å². The van der Waals surface area contributed by atoms with Crippen molar-refractivity contribution in [3.05, 3.63) is 74.5 Å². The van der Waals surface area contributed by atoms with Crippen LogP contribution in [-0.2, 0) is 43.2 Å². The first-order chi connectivity index (χ1) is 20.9. The van der Waals surface area contributed by atoms with Gasteiger partial charge in [-0.05, 0) is 62.0 Å². The number of hydrogen-bond donors (Lipinski definition) is 6. The molecule has 0 radical (unpaired) electrons. The van der Waals surface area contributed by atoms with E-state index in [-0.39, 0.29) is 36.1 Å². The molecule has 6 N–H and O–H groups in total. The summed E-state index contributed by atoms with van der Waals surface area (Å²) in [6.07, 6.45) is 3.81. The zero-order valence-corrected chi connectivity index (χ0v) is 25.7. The number of carboxylic acid groups (broad SMARTS) is 2. The Hall–Kier alpha value is -4.38. The number of epoxide rings is 1. The molecule has 5 rings (SSSR count). The number of rotatable bonds is 12. The van der Waals surface area contributed by atoms with E-state index in [2.05, 4.69) is 27.2 Å². The third-order valence-corrected chi connectivity index (χ3v) is 9.49. The molecule has 2 fully saturated rings. The summed E-state index contributed by atoms with van der Waals surface area (Å²) >= 11 is 0. The number of aromatic amines is 2. The van der Waals surface area contributed by atoms with Crippen molar-refractivity contribution >= 4 is 29.8 Å². The molecule has 0 bridgehead atoms. The van der Waals surface area contributed by atoms with Crippen LogP contribution in [0.5, 0.6) is 0 Å². The molecule has 2 saturated heterocycles. The summed E-state index contributed by atoms with van der Waals surface area (Å²) in [7, 11) is 0. The molecule has 3 aliphatic rings. The van der Waals surface area contributed by atoms with Gasteiger partial charge in [0.1, 0.15) is 6.10 Å². The summed E-state index contributed by atoms with van der Waals surface area (Å²) < 4.78 is 5.60. The highest BCUT2D eigenvalue weighted by atomic mass is 16.6. The second-order valence-electron chi connectivity index (χ2n) is 12.1. The Morgan fingerprint density at radius 2 is 1.77 bits per heavy atom. The van der Waals surface area contributed by atoms with Crippen molar-refractivity contribution < 1.29 is 34.1 Å². The van der Waals surface area contributed by atoms with Crippen LogP contribution in [0.2, 0.25) is 0 Å². The fourth-order valence-corrected chi connectivity index (χ4v) is 6.79. The van der Waals surface area contributed by atoms with E-state index in [1.807, 2.05) is 40.7 Å². The first kappa shape index (κ1) is 31.1. The van der Waals surface area contributed by atoms with Crippen LogP contribution < -0.4 is 10.6 Å². The van der Waals surface area contributed by atoms with Crippen LogP contribution >= 0.6 is 0 Å². The van der Waals surface area contributed by atoms with Crippen LogP contribution in [0.3, 0.4) is 0 Å². The first-order valence-electron chi connectivity index (χ1n) is 15.0. The molecule has 2 amide bonds. The van der Waals surface area contributed by atoms with E-state index in [9.17, 15) is 29.4 Å². The lowest BCUT2D eigenvalue weighted by Gasteiger charge is -2.12. The normalized spacial score (nSPS) is 25.5. The van der Waals surface area contributed by atoms with Crippen molar-refractivity contribution in [1.29, 1.82) is 0 Å². The van der Waals surface area contributed by atoms with Gasteiger partial charge in [-0.1, -0.05) is 26.5 Å². The van der Waals surface area contributed by atoms with Crippen molar-refractivity contribution in [2.24, 2.45) is 11.8 Å². The summed E-state index contributed by atoms with van der Waals surface area (Å²) in [5.74, 6) is -2.21. The molecular formula is C33H40N4O7. The zero-order chi connectivity index (χ0) is 32.0. The predicted molar refractivity (Wildman–Crippen MR) is 163 cm³/mol. The van der Waals surface area contributed by atoms with Crippen LogP contribution in [0.25, 0.3) is 6.08 Å². The van der Waals surface area contributed by atoms with Gasteiger partial charge in [-0.25, -0.2) is 4.79 Å². The number of carbonyl (C=O) groups is 4. The number of carboxylic acids is 2. The van der Waals surface area contributed by atoms with E-state index in [0.29, 0.717) is 24.8 Å². The van der Waals surface area contributed by atoms with Crippen LogP contribution in [-0.4, -0.2) is 56.1 Å². The third kappa shape index (κ3) is 5.63. The van der Waals surface area contributed by atoms with Gasteiger partial charge in [-0.2, -0.15) is 0 Å². The molecule has 2 aromatic rings. The second-order valence-corrected chi connectivity index (χ2v) is 12.1. The predicted octanol–water partition coefficient (Wildman–Crippen LogP) is 3.77. The largest absolute Gasteiger partial charge is 0.481 e. The van der Waals surface area contributed by atoms with E-state index in [1.54, 1.807) is 6.08 Å². The van der Waals surface area contributed by atoms with Gasteiger partial charge in [-0.3, -0.25) is 14.4 Å². The minimum Gasteiger partial charge on any atom is -0.481 e. The monoisotopic (exact) mass is 604 g/mol. The Morgan fingerprint density at radius 3 is 2.36 bits per heavy atom. The minimum absolute atomic E-state index is 0.0150. The van der Waals surface area contributed by atoms with E-state index in [4.69, 9.17) is 4.74 Å². The number of amides is 2. The number of nitrogens with one attached hydrogen (secondary N) is 4. The average Bonchev–Trinajstić information content (AvgIpc) is 3.42. The Morgan fingerprint density at radius 1 is 1.05 bits per heavy atom. The van der Waals surface area contributed by atoms with E-state index in [1.165, 1.54) is 0 Å². The molecule has 5 atom stereocenters. The summed E-state index contributed by atoms with van der Waals surface area (Å²) in [5.41, 5.74) is 8.92. The maximum absolute atomic E-state index is 12.4. The summed E-state index contributed by atoms with van der Waals surface area (Å²) in [4.78, 5) is 55.2. The molecule has 0 aliphatic carbocycles. The van der Waals surface area contributed by atoms with Gasteiger partial charge in [-0.15, -0.1) is 0 Å². The molecule has 44 heavy (non-hydrogen) atoms. The molecule has 5 heterocycles. The smallest absolute Gasteiger partial charge is 0.335 e. The molecule has 234 valence electrons. The number of aromatic nitrogens is 2. The van der Waals surface area contributed by atoms with Gasteiger partial charge in [0.15, 0.2) is 6.10 Å². The van der Waals surface area contributed by atoms with E-state index >= 15 is 0 Å². The molecule has 0 saturated carbocycles. The molecule has 3 aliphatic heterocycles. The van der Waals surface area contributed by atoms with Gasteiger partial charge in [0.25, 0.3) is 5.91 Å². The Bertz CT molecular complexity index is 1620. The molecule has 1 unspecified atom stereocenters. The molecule has 0 aromatic carbocycles. The lowest BCUT2D eigenvalue weighted by Crippen LogP contribution is -2.30. The molecular weight excluding hydrogens is 564 g/mol. The summed E-state index contributed by atoms with van der Waals surface area (Å²) in [6.45, 7) is 13.5. The summed E-state index contributed by atoms with van der Waals surface area (Å²) in [6, 6.07) is -0.239. The average molecular weight is 605 g/mol. The number of H-pyrrole nitrogens is 2. The van der Waals surface area contributed by atoms with Crippen molar-refractivity contribution in [2.75, 3.05) is 0 Å². The first-order valence-corrected chi connectivity index (χ1v) is 15.0. The van der Waals surface area contributed by atoms with Crippen LogP contribution in [0, 0.1) is 25.7 Å². The maximum atomic E-state index is 12.4. The van der Waals surface area contributed by atoms with Gasteiger partial charge >= 0.3 is 11.9 Å². The lowest BCUT2D eigenvalue weighted by molar-refractivity contribution is -0.138.